The Morgan fingerprint density at radius 2 is 2.30 bits per heavy atom. The number of nitrogens with zero attached hydrogens (tertiary/aromatic N) is 1. The summed E-state index contributed by atoms with van der Waals surface area (Å²) in [6.07, 6.45) is 2.54. The van der Waals surface area contributed by atoms with Crippen molar-refractivity contribution in [3.8, 4) is 5.75 Å². The van der Waals surface area contributed by atoms with Gasteiger partial charge < -0.3 is 10.1 Å². The first-order chi connectivity index (χ1) is 9.65. The average Bonchev–Trinajstić information content (AvgIpc) is 2.92. The average molecular weight is 280 g/mol. The van der Waals surface area contributed by atoms with E-state index < -0.39 is 0 Å². The molecule has 0 aromatic heterocycles. The first-order valence-corrected chi connectivity index (χ1v) is 7.46. The molecule has 4 heteroatoms. The quantitative estimate of drug-likeness (QED) is 0.867. The summed E-state index contributed by atoms with van der Waals surface area (Å²) in [6.45, 7) is 7.56. The summed E-state index contributed by atoms with van der Waals surface area (Å²) < 4.78 is 18.7. The molecule has 1 aliphatic heterocycles. The van der Waals surface area contributed by atoms with Crippen molar-refractivity contribution in [2.24, 2.45) is 0 Å². The van der Waals surface area contributed by atoms with Crippen LogP contribution in [-0.4, -0.2) is 37.7 Å². The van der Waals surface area contributed by atoms with Crippen molar-refractivity contribution < 1.29 is 9.13 Å². The molecule has 1 aromatic rings. The third kappa shape index (κ3) is 3.49. The smallest absolute Gasteiger partial charge is 0.165 e. The highest BCUT2D eigenvalue weighted by atomic mass is 19.1. The minimum atomic E-state index is -0.297. The van der Waals surface area contributed by atoms with Gasteiger partial charge in [-0.05, 0) is 50.6 Å². The normalized spacial score (nSPS) is 21.1. The molecule has 1 fully saturated rings. The Balaban J connectivity index is 1.91. The summed E-state index contributed by atoms with van der Waals surface area (Å²) in [5.74, 6) is 0.00334. The van der Waals surface area contributed by atoms with E-state index in [2.05, 4.69) is 24.1 Å². The SMILES string of the molecule is CCN1CCCC1CNC(C)c1ccc(OC)c(F)c1. The van der Waals surface area contributed by atoms with Gasteiger partial charge in [-0.1, -0.05) is 13.0 Å². The molecular formula is C16H25FN2O. The lowest BCUT2D eigenvalue weighted by Gasteiger charge is -2.25. The molecule has 2 atom stereocenters. The maximum absolute atomic E-state index is 13.7. The summed E-state index contributed by atoms with van der Waals surface area (Å²) >= 11 is 0. The summed E-state index contributed by atoms with van der Waals surface area (Å²) in [7, 11) is 1.49. The minimum Gasteiger partial charge on any atom is -0.494 e. The second-order valence-electron chi connectivity index (χ2n) is 5.45. The van der Waals surface area contributed by atoms with Crippen molar-refractivity contribution in [2.45, 2.75) is 38.8 Å². The minimum absolute atomic E-state index is 0.148. The van der Waals surface area contributed by atoms with E-state index in [1.54, 1.807) is 12.1 Å². The van der Waals surface area contributed by atoms with Crippen LogP contribution in [0.3, 0.4) is 0 Å². The van der Waals surface area contributed by atoms with Crippen LogP contribution in [0.5, 0.6) is 5.75 Å². The van der Waals surface area contributed by atoms with Gasteiger partial charge in [-0.25, -0.2) is 4.39 Å². The zero-order valence-electron chi connectivity index (χ0n) is 12.7. The van der Waals surface area contributed by atoms with Crippen LogP contribution in [0.2, 0.25) is 0 Å². The fraction of sp³-hybridized carbons (Fsp3) is 0.625. The Bertz CT molecular complexity index is 438. The van der Waals surface area contributed by atoms with Crippen LogP contribution in [0, 0.1) is 5.82 Å². The predicted molar refractivity (Wildman–Crippen MR) is 79.6 cm³/mol. The van der Waals surface area contributed by atoms with Crippen molar-refractivity contribution in [1.82, 2.24) is 10.2 Å². The largest absolute Gasteiger partial charge is 0.494 e. The Morgan fingerprint density at radius 3 is 2.95 bits per heavy atom. The van der Waals surface area contributed by atoms with Crippen LogP contribution in [0.25, 0.3) is 0 Å². The first kappa shape index (κ1) is 15.3. The second-order valence-corrected chi connectivity index (χ2v) is 5.45. The van der Waals surface area contributed by atoms with Crippen LogP contribution in [0.15, 0.2) is 18.2 Å². The van der Waals surface area contributed by atoms with E-state index in [1.807, 2.05) is 6.07 Å². The molecule has 1 heterocycles. The fourth-order valence-corrected chi connectivity index (χ4v) is 2.93. The standard InChI is InChI=1S/C16H25FN2O/c1-4-19-9-5-6-14(19)11-18-12(2)13-7-8-16(20-3)15(17)10-13/h7-8,10,12,14,18H,4-6,9,11H2,1-3H3. The Morgan fingerprint density at radius 1 is 1.50 bits per heavy atom. The molecule has 0 amide bonds. The molecule has 1 aliphatic rings. The molecule has 2 unspecified atom stereocenters. The highest BCUT2D eigenvalue weighted by Crippen LogP contribution is 2.22. The summed E-state index contributed by atoms with van der Waals surface area (Å²) in [5.41, 5.74) is 0.962. The van der Waals surface area contributed by atoms with Gasteiger partial charge in [-0.15, -0.1) is 0 Å². The van der Waals surface area contributed by atoms with E-state index >= 15 is 0 Å². The third-order valence-corrected chi connectivity index (χ3v) is 4.24. The molecule has 0 spiro atoms. The highest BCUT2D eigenvalue weighted by molar-refractivity contribution is 5.30. The summed E-state index contributed by atoms with van der Waals surface area (Å²) in [6, 6.07) is 5.94. The van der Waals surface area contributed by atoms with E-state index in [1.165, 1.54) is 26.5 Å². The Hall–Kier alpha value is -1.13. The van der Waals surface area contributed by atoms with Crippen LogP contribution < -0.4 is 10.1 Å². The molecule has 0 saturated carbocycles. The number of likely N-dealkylation sites (N-methyl/N-ethyl adjacent to an activating group) is 1. The summed E-state index contributed by atoms with van der Waals surface area (Å²) in [5, 5.41) is 3.52. The number of likely N-dealkylation sites (tertiary alicyclic amines) is 1. The number of hydrogen-bond donors (Lipinski definition) is 1. The topological polar surface area (TPSA) is 24.5 Å². The highest BCUT2D eigenvalue weighted by Gasteiger charge is 2.23. The number of rotatable bonds is 6. The van der Waals surface area contributed by atoms with Crippen LogP contribution in [0.4, 0.5) is 4.39 Å². The van der Waals surface area contributed by atoms with Crippen LogP contribution in [-0.2, 0) is 0 Å². The number of nitrogens with one attached hydrogen (secondary N) is 1. The molecule has 1 aromatic carbocycles. The van der Waals surface area contributed by atoms with Gasteiger partial charge in [0.1, 0.15) is 0 Å². The molecule has 112 valence electrons. The number of hydrogen-bond acceptors (Lipinski definition) is 3. The molecular weight excluding hydrogens is 255 g/mol. The van der Waals surface area contributed by atoms with E-state index in [4.69, 9.17) is 4.74 Å². The first-order valence-electron chi connectivity index (χ1n) is 7.46. The van der Waals surface area contributed by atoms with E-state index in [0.29, 0.717) is 11.8 Å². The number of halogens is 1. The summed E-state index contributed by atoms with van der Waals surface area (Å²) in [4.78, 5) is 2.51. The predicted octanol–water partition coefficient (Wildman–Crippen LogP) is 2.97. The maximum Gasteiger partial charge on any atom is 0.165 e. The van der Waals surface area contributed by atoms with E-state index in [-0.39, 0.29) is 11.9 Å². The van der Waals surface area contributed by atoms with Crippen LogP contribution >= 0.6 is 0 Å². The van der Waals surface area contributed by atoms with Gasteiger partial charge in [0.2, 0.25) is 0 Å². The molecule has 0 radical (unpaired) electrons. The lowest BCUT2D eigenvalue weighted by molar-refractivity contribution is 0.255. The zero-order valence-corrected chi connectivity index (χ0v) is 12.7. The lowest BCUT2D eigenvalue weighted by atomic mass is 10.1. The van der Waals surface area contributed by atoms with Crippen molar-refractivity contribution in [1.29, 1.82) is 0 Å². The molecule has 0 bridgehead atoms. The number of methoxy groups -OCH3 is 1. The van der Waals surface area contributed by atoms with Crippen LogP contribution in [0.1, 0.15) is 38.3 Å². The van der Waals surface area contributed by atoms with Gasteiger partial charge in [-0.3, -0.25) is 4.90 Å². The van der Waals surface area contributed by atoms with Gasteiger partial charge in [0.25, 0.3) is 0 Å². The Labute approximate surface area is 121 Å². The van der Waals surface area contributed by atoms with Gasteiger partial charge in [-0.2, -0.15) is 0 Å². The van der Waals surface area contributed by atoms with Crippen molar-refractivity contribution in [2.75, 3.05) is 26.7 Å². The van der Waals surface area contributed by atoms with Gasteiger partial charge in [0.05, 0.1) is 7.11 Å². The zero-order chi connectivity index (χ0) is 14.5. The fourth-order valence-electron chi connectivity index (χ4n) is 2.93. The molecule has 1 N–H and O–H groups in total. The second kappa shape index (κ2) is 7.04. The molecule has 20 heavy (non-hydrogen) atoms. The monoisotopic (exact) mass is 280 g/mol. The van der Waals surface area contributed by atoms with Crippen molar-refractivity contribution in [3.63, 3.8) is 0 Å². The lowest BCUT2D eigenvalue weighted by Crippen LogP contribution is -2.38. The maximum atomic E-state index is 13.7. The molecule has 3 nitrogen and oxygen atoms in total. The Kier molecular flexibility index (Phi) is 5.38. The molecule has 1 saturated heterocycles. The third-order valence-electron chi connectivity index (χ3n) is 4.24. The van der Waals surface area contributed by atoms with Gasteiger partial charge >= 0.3 is 0 Å². The number of benzene rings is 1. The van der Waals surface area contributed by atoms with Gasteiger partial charge in [0.15, 0.2) is 11.6 Å². The van der Waals surface area contributed by atoms with Crippen molar-refractivity contribution >= 4 is 0 Å². The van der Waals surface area contributed by atoms with E-state index in [0.717, 1.165) is 18.7 Å². The molecule has 0 aliphatic carbocycles. The van der Waals surface area contributed by atoms with Crippen molar-refractivity contribution in [3.05, 3.63) is 29.6 Å². The van der Waals surface area contributed by atoms with E-state index in [9.17, 15) is 4.39 Å². The number of ether oxygens (including phenoxy) is 1. The van der Waals surface area contributed by atoms with Gasteiger partial charge in [0, 0.05) is 18.6 Å². The molecule has 2 rings (SSSR count).